The Balaban J connectivity index is 1.62. The molecule has 41 heavy (non-hydrogen) atoms. The van der Waals surface area contributed by atoms with Crippen molar-refractivity contribution in [1.29, 1.82) is 0 Å². The highest BCUT2D eigenvalue weighted by Crippen LogP contribution is 2.18. The summed E-state index contributed by atoms with van der Waals surface area (Å²) in [5.74, 6) is 10.9. The van der Waals surface area contributed by atoms with Crippen LogP contribution in [0.1, 0.15) is 36.1 Å². The molecule has 3 rings (SSSR count). The molecular formula is C34H25FO6. The van der Waals surface area contributed by atoms with E-state index < -0.39 is 17.8 Å². The smallest absolute Gasteiger partial charge is 0.338 e. The van der Waals surface area contributed by atoms with Gasteiger partial charge >= 0.3 is 11.9 Å². The monoisotopic (exact) mass is 548 g/mol. The maximum Gasteiger partial charge on any atom is 0.338 e. The first-order chi connectivity index (χ1) is 19.7. The first-order valence-corrected chi connectivity index (χ1v) is 12.1. The van der Waals surface area contributed by atoms with Gasteiger partial charge in [-0.3, -0.25) is 0 Å². The van der Waals surface area contributed by atoms with Crippen molar-refractivity contribution >= 4 is 11.9 Å². The van der Waals surface area contributed by atoms with Gasteiger partial charge < -0.3 is 18.9 Å². The number of carbonyl (C=O) groups is 2. The Morgan fingerprint density at radius 3 is 1.88 bits per heavy atom. The van der Waals surface area contributed by atoms with E-state index >= 15 is 0 Å². The first-order valence-electron chi connectivity index (χ1n) is 12.1. The van der Waals surface area contributed by atoms with Crippen LogP contribution in [0.2, 0.25) is 0 Å². The molecule has 0 bridgehead atoms. The summed E-state index contributed by atoms with van der Waals surface area (Å²) in [6.45, 7) is 10.1. The molecule has 0 fully saturated rings. The van der Waals surface area contributed by atoms with Crippen molar-refractivity contribution in [1.82, 2.24) is 0 Å². The molecule has 0 unspecified atom stereocenters. The van der Waals surface area contributed by atoms with E-state index in [9.17, 15) is 14.0 Å². The van der Waals surface area contributed by atoms with Crippen LogP contribution in [0.4, 0.5) is 4.39 Å². The highest BCUT2D eigenvalue weighted by atomic mass is 19.1. The van der Waals surface area contributed by atoms with Crippen LogP contribution in [0, 0.1) is 29.5 Å². The summed E-state index contributed by atoms with van der Waals surface area (Å²) in [5.41, 5.74) is 2.42. The number of rotatable bonds is 8. The minimum Gasteiger partial charge on any atom is -0.462 e. The Morgan fingerprint density at radius 2 is 1.24 bits per heavy atom. The fraction of sp³-hybridized carbons (Fsp3) is 0.0588. The van der Waals surface area contributed by atoms with Crippen LogP contribution in [-0.2, 0) is 19.1 Å². The molecule has 0 saturated carbocycles. The van der Waals surface area contributed by atoms with Gasteiger partial charge in [0.1, 0.15) is 42.4 Å². The number of hydrogen-bond donors (Lipinski definition) is 0. The molecule has 3 aromatic carbocycles. The van der Waals surface area contributed by atoms with Crippen molar-refractivity contribution in [3.05, 3.63) is 144 Å². The first kappa shape index (κ1) is 29.8. The molecule has 0 aliphatic rings. The molecule has 0 aromatic heterocycles. The molecule has 0 atom stereocenters. The van der Waals surface area contributed by atoms with Gasteiger partial charge in [-0.05, 0) is 68.4 Å². The summed E-state index contributed by atoms with van der Waals surface area (Å²) in [5, 5.41) is 0. The van der Waals surface area contributed by atoms with Crippen LogP contribution in [0.15, 0.2) is 116 Å². The minimum atomic E-state index is -0.570. The maximum atomic E-state index is 14.7. The van der Waals surface area contributed by atoms with Gasteiger partial charge in [0.2, 0.25) is 0 Å². The maximum absolute atomic E-state index is 14.7. The van der Waals surface area contributed by atoms with E-state index in [2.05, 4.69) is 36.8 Å². The van der Waals surface area contributed by atoms with Crippen molar-refractivity contribution in [2.24, 2.45) is 0 Å². The average Bonchev–Trinajstić information content (AvgIpc) is 2.96. The fourth-order valence-corrected chi connectivity index (χ4v) is 2.85. The van der Waals surface area contributed by atoms with E-state index in [1.165, 1.54) is 25.5 Å². The standard InChI is InChI=1S/C34H25FO6/c1-24(2)33(36)40-21-19-38-30-17-12-26(13-18-30)9-10-27-11-14-28(31(35)23-27)15-16-29-7-5-6-8-32(29)39-20-22-41-34(37)25(3)4/h5-8,11-14,17-23H,1,3H2,2,4H3/b21-19-,22-20-. The van der Waals surface area contributed by atoms with Gasteiger partial charge in [0.25, 0.3) is 0 Å². The second-order valence-corrected chi connectivity index (χ2v) is 8.37. The highest BCUT2D eigenvalue weighted by Gasteiger charge is 2.03. The number of para-hydroxylation sites is 1. The van der Waals surface area contributed by atoms with Gasteiger partial charge in [-0.15, -0.1) is 0 Å². The van der Waals surface area contributed by atoms with Crippen molar-refractivity contribution in [3.8, 4) is 35.2 Å². The summed E-state index contributed by atoms with van der Waals surface area (Å²) in [4.78, 5) is 22.7. The molecule has 0 amide bonds. The van der Waals surface area contributed by atoms with Crippen LogP contribution < -0.4 is 9.47 Å². The van der Waals surface area contributed by atoms with Crippen LogP contribution in [0.3, 0.4) is 0 Å². The number of carbonyl (C=O) groups excluding carboxylic acids is 2. The Bertz CT molecular complexity index is 1640. The lowest BCUT2D eigenvalue weighted by molar-refractivity contribution is -0.134. The largest absolute Gasteiger partial charge is 0.462 e. The third kappa shape index (κ3) is 9.79. The van der Waals surface area contributed by atoms with E-state index in [0.717, 1.165) is 12.5 Å². The molecule has 3 aromatic rings. The van der Waals surface area contributed by atoms with Crippen LogP contribution in [-0.4, -0.2) is 11.9 Å². The second-order valence-electron chi connectivity index (χ2n) is 8.37. The number of ether oxygens (including phenoxy) is 4. The van der Waals surface area contributed by atoms with E-state index in [4.69, 9.17) is 18.9 Å². The Kier molecular flexibility index (Phi) is 10.9. The SMILES string of the molecule is C=C(C)C(=O)O/C=C\Oc1ccc(C#Cc2ccc(C#Cc3ccccc3O/C=C\OC(=O)C(=C)C)c(F)c2)cc1. The number of esters is 2. The Hall–Kier alpha value is -5.79. The van der Waals surface area contributed by atoms with Gasteiger partial charge in [0.05, 0.1) is 11.1 Å². The quantitative estimate of drug-likeness (QED) is 0.137. The molecule has 0 saturated heterocycles. The van der Waals surface area contributed by atoms with Crippen molar-refractivity contribution in [2.75, 3.05) is 0 Å². The Labute approximate surface area is 238 Å². The van der Waals surface area contributed by atoms with Crippen LogP contribution >= 0.6 is 0 Å². The van der Waals surface area contributed by atoms with E-state index in [0.29, 0.717) is 28.2 Å². The lowest BCUT2D eigenvalue weighted by Crippen LogP contribution is -1.99. The summed E-state index contributed by atoms with van der Waals surface area (Å²) < 4.78 is 35.2. The zero-order valence-corrected chi connectivity index (χ0v) is 22.4. The number of hydrogen-bond acceptors (Lipinski definition) is 6. The summed E-state index contributed by atoms with van der Waals surface area (Å²) in [7, 11) is 0. The zero-order chi connectivity index (χ0) is 29.6. The lowest BCUT2D eigenvalue weighted by atomic mass is 10.1. The summed E-state index contributed by atoms with van der Waals surface area (Å²) in [6, 6.07) is 18.3. The minimum absolute atomic E-state index is 0.194. The van der Waals surface area contributed by atoms with Gasteiger partial charge in [0, 0.05) is 22.3 Å². The molecule has 0 radical (unpaired) electrons. The van der Waals surface area contributed by atoms with Crippen LogP contribution in [0.25, 0.3) is 0 Å². The molecule has 0 spiro atoms. The fourth-order valence-electron chi connectivity index (χ4n) is 2.85. The third-order valence-corrected chi connectivity index (χ3v) is 4.95. The molecule has 0 aliphatic carbocycles. The predicted octanol–water partition coefficient (Wildman–Crippen LogP) is 6.56. The van der Waals surface area contributed by atoms with E-state index in [-0.39, 0.29) is 16.7 Å². The molecule has 7 heteroatoms. The van der Waals surface area contributed by atoms with Gasteiger partial charge in [-0.2, -0.15) is 0 Å². The zero-order valence-electron chi connectivity index (χ0n) is 22.4. The molecule has 0 N–H and O–H groups in total. The van der Waals surface area contributed by atoms with Crippen molar-refractivity contribution in [2.45, 2.75) is 13.8 Å². The third-order valence-electron chi connectivity index (χ3n) is 4.95. The molecular weight excluding hydrogens is 523 g/mol. The Morgan fingerprint density at radius 1 is 0.683 bits per heavy atom. The lowest BCUT2D eigenvalue weighted by Gasteiger charge is -2.03. The second kappa shape index (κ2) is 15.0. The average molecular weight is 549 g/mol. The summed E-state index contributed by atoms with van der Waals surface area (Å²) >= 11 is 0. The van der Waals surface area contributed by atoms with E-state index in [1.54, 1.807) is 67.6 Å². The van der Waals surface area contributed by atoms with Crippen molar-refractivity contribution in [3.63, 3.8) is 0 Å². The number of benzene rings is 3. The van der Waals surface area contributed by atoms with Crippen LogP contribution in [0.5, 0.6) is 11.5 Å². The topological polar surface area (TPSA) is 71.1 Å². The van der Waals surface area contributed by atoms with E-state index in [1.807, 2.05) is 0 Å². The molecule has 0 heterocycles. The van der Waals surface area contributed by atoms with Gasteiger partial charge in [-0.25, -0.2) is 14.0 Å². The predicted molar refractivity (Wildman–Crippen MR) is 153 cm³/mol. The molecule has 204 valence electrons. The van der Waals surface area contributed by atoms with Crippen molar-refractivity contribution < 1.29 is 32.9 Å². The normalized spacial score (nSPS) is 10.1. The van der Waals surface area contributed by atoms with Gasteiger partial charge in [0.15, 0.2) is 0 Å². The highest BCUT2D eigenvalue weighted by molar-refractivity contribution is 5.87. The molecule has 6 nitrogen and oxygen atoms in total. The summed E-state index contributed by atoms with van der Waals surface area (Å²) in [6.07, 6.45) is 4.68. The molecule has 0 aliphatic heterocycles. The van der Waals surface area contributed by atoms with Gasteiger partial charge in [-0.1, -0.05) is 49.0 Å². The number of halogens is 1.